The molecule has 0 unspecified atom stereocenters. The van der Waals surface area contributed by atoms with Crippen LogP contribution in [-0.2, 0) is 61.7 Å². The quantitative estimate of drug-likeness (QED) is 0.0709. The summed E-state index contributed by atoms with van der Waals surface area (Å²) in [7, 11) is 1.22. The van der Waals surface area contributed by atoms with E-state index in [1.54, 1.807) is 0 Å². The van der Waals surface area contributed by atoms with E-state index in [0.29, 0.717) is 25.7 Å². The minimum Gasteiger partial charge on any atom is -0.462 e. The highest BCUT2D eigenvalue weighted by Crippen LogP contribution is 2.76. The molecule has 5 aliphatic heterocycles. The summed E-state index contributed by atoms with van der Waals surface area (Å²) in [5.41, 5.74) is -1.26. The van der Waals surface area contributed by atoms with Crippen LogP contribution in [0.5, 0.6) is 0 Å². The van der Waals surface area contributed by atoms with E-state index >= 15 is 0 Å². The summed E-state index contributed by atoms with van der Waals surface area (Å²) in [6.45, 7) is 14.3. The lowest BCUT2D eigenvalue weighted by Gasteiger charge is -2.64. The number of esters is 2. The number of rotatable bonds is 16. The van der Waals surface area contributed by atoms with Gasteiger partial charge in [-0.25, -0.2) is 0 Å². The van der Waals surface area contributed by atoms with Crippen LogP contribution in [0, 0.1) is 45.3 Å². The average molecular weight is 1120 g/mol. The molecule has 446 valence electrons. The van der Waals surface area contributed by atoms with Crippen molar-refractivity contribution in [2.75, 3.05) is 33.5 Å². The second-order valence-corrected chi connectivity index (χ2v) is 25.6. The van der Waals surface area contributed by atoms with Gasteiger partial charge in [-0.15, -0.1) is 0 Å². The van der Waals surface area contributed by atoms with Crippen molar-refractivity contribution in [2.24, 2.45) is 45.3 Å². The summed E-state index contributed by atoms with van der Waals surface area (Å²) in [4.78, 5) is 26.8. The number of cyclic esters (lactones) is 1. The topological polar surface area (TPSA) is 338 Å². The number of aliphatic hydroxyl groups is 10. The number of carbonyl (C=O) groups is 2. The fraction of sp³-hybridized carbons (Fsp3) is 0.927. The maximum atomic E-state index is 14.6. The number of hydrogen-bond acceptors (Lipinski definition) is 23. The van der Waals surface area contributed by atoms with Gasteiger partial charge in [0.25, 0.3) is 0 Å². The van der Waals surface area contributed by atoms with Gasteiger partial charge in [0.05, 0.1) is 37.9 Å². The van der Waals surface area contributed by atoms with Crippen molar-refractivity contribution in [3.8, 4) is 0 Å². The maximum Gasteiger partial charge on any atom is 0.313 e. The van der Waals surface area contributed by atoms with E-state index < -0.39 is 158 Å². The third-order valence-electron chi connectivity index (χ3n) is 20.3. The van der Waals surface area contributed by atoms with E-state index in [4.69, 9.17) is 52.1 Å². The molecule has 5 heterocycles. The number of methoxy groups -OCH3 is 1. The normalized spacial score (nSPS) is 50.4. The van der Waals surface area contributed by atoms with E-state index in [-0.39, 0.29) is 53.7 Å². The van der Waals surface area contributed by atoms with E-state index in [1.807, 2.05) is 6.92 Å². The molecule has 0 aromatic carbocycles. The van der Waals surface area contributed by atoms with Crippen LogP contribution in [0.2, 0.25) is 0 Å². The van der Waals surface area contributed by atoms with Crippen molar-refractivity contribution >= 4 is 11.9 Å². The molecule has 3 saturated carbocycles. The number of allylic oxidation sites excluding steroid dienone is 2. The zero-order valence-corrected chi connectivity index (χ0v) is 46.4. The van der Waals surface area contributed by atoms with E-state index in [1.165, 1.54) is 19.6 Å². The van der Waals surface area contributed by atoms with Crippen molar-refractivity contribution in [3.05, 3.63) is 11.6 Å². The van der Waals surface area contributed by atoms with Crippen molar-refractivity contribution in [3.63, 3.8) is 0 Å². The van der Waals surface area contributed by atoms with E-state index in [0.717, 1.165) is 32.1 Å². The molecule has 0 aromatic heterocycles. The molecular formula is C55H88O23. The van der Waals surface area contributed by atoms with Gasteiger partial charge >= 0.3 is 11.9 Å². The molecule has 78 heavy (non-hydrogen) atoms. The summed E-state index contributed by atoms with van der Waals surface area (Å²) < 4.78 is 65.3. The van der Waals surface area contributed by atoms with Crippen molar-refractivity contribution in [1.29, 1.82) is 0 Å². The molecule has 8 fully saturated rings. The second kappa shape index (κ2) is 22.8. The van der Waals surface area contributed by atoms with Gasteiger partial charge < -0.3 is 103 Å². The summed E-state index contributed by atoms with van der Waals surface area (Å²) in [5.74, 6) is 0.0521. The third kappa shape index (κ3) is 10.2. The first-order valence-electron chi connectivity index (χ1n) is 28.2. The number of aliphatic hydroxyl groups excluding tert-OH is 10. The zero-order chi connectivity index (χ0) is 56.8. The van der Waals surface area contributed by atoms with Crippen LogP contribution in [0.3, 0.4) is 0 Å². The van der Waals surface area contributed by atoms with E-state index in [9.17, 15) is 60.7 Å². The first-order valence-corrected chi connectivity index (χ1v) is 28.2. The molecule has 5 saturated heterocycles. The SMILES string of the molecule is CO[C@@H]1[C@@H](O)[C@H](O[C@@H]2[C@@H](O)[C@H](O[C@H]3[C@H](O)[C@@H](O)[C@H](O[C@H]4[C@H](O[C@H]5CC[C@]6(C)[C@H]7CC[C@]89C(=O)O[C@@](C)(C[C@H](CC(C)C)OC(C)=O)[C@H]8CC[C@@]9(C)C7=CC[C@H]6C5(C)C)OC[C@@H](O)[C@@H]4O)O[C@@H]3CO)OC[C@H]2O)O[C@H](CO)[C@H]1O. The molecule has 0 radical (unpaired) electrons. The molecular weight excluding hydrogens is 1030 g/mol. The smallest absolute Gasteiger partial charge is 0.313 e. The Morgan fingerprint density at radius 3 is 1.97 bits per heavy atom. The Hall–Kier alpha value is -2.08. The standard InChI is InChI=1S/C55H88O23/c1-24(2)18-26(71-25(3)58)19-54(8)34-13-16-53(7)28-10-11-33-51(4,5)35(14-15-52(33,6)27(28)12-17-55(34,53)50(67)78-54)74-49-45(36(61)29(59)22-70-49)77-47-39(64)38(63)43(32(21-57)73-47)76-46-40(65)42(30(60)23-69-46)75-48-41(66)44(68-9)37(62)31(20-56)72-48/h10,24,26-27,29-49,56-57,59-66H,11-23H2,1-9H3/t26-,27-,29+,30+,31+,32+,33-,34+,35-,36-,37+,38+,39+,40+,41+,42-,43+,44-,45+,46-,47-,48-,49-,52+,53-,54-,55+/m0/s1. The van der Waals surface area contributed by atoms with Gasteiger partial charge in [-0.1, -0.05) is 53.2 Å². The van der Waals surface area contributed by atoms with Crippen LogP contribution in [0.1, 0.15) is 113 Å². The van der Waals surface area contributed by atoms with Crippen molar-refractivity contribution in [1.82, 2.24) is 0 Å². The molecule has 23 nitrogen and oxygen atoms in total. The zero-order valence-electron chi connectivity index (χ0n) is 46.4. The highest BCUT2D eigenvalue weighted by atomic mass is 16.8. The maximum absolute atomic E-state index is 14.6. The highest BCUT2D eigenvalue weighted by molar-refractivity contribution is 5.83. The number of carbonyl (C=O) groups excluding carboxylic acids is 2. The molecule has 0 amide bonds. The number of fused-ring (bicyclic) bond motifs is 4. The Morgan fingerprint density at radius 1 is 0.679 bits per heavy atom. The molecule has 10 N–H and O–H groups in total. The van der Waals surface area contributed by atoms with Crippen molar-refractivity contribution < 1.29 is 113 Å². The lowest BCUT2D eigenvalue weighted by molar-refractivity contribution is -0.385. The van der Waals surface area contributed by atoms with Gasteiger partial charge in [-0.2, -0.15) is 0 Å². The Balaban J connectivity index is 0.868. The largest absolute Gasteiger partial charge is 0.462 e. The van der Waals surface area contributed by atoms with Gasteiger partial charge in [0, 0.05) is 31.8 Å². The Morgan fingerprint density at radius 2 is 1.31 bits per heavy atom. The van der Waals surface area contributed by atoms with E-state index in [2.05, 4.69) is 47.6 Å². The minimum atomic E-state index is -1.94. The predicted octanol–water partition coefficient (Wildman–Crippen LogP) is -0.155. The Bertz CT molecular complexity index is 2150. The molecule has 4 aliphatic carbocycles. The van der Waals surface area contributed by atoms with Gasteiger partial charge in [-0.3, -0.25) is 9.59 Å². The lowest BCUT2D eigenvalue weighted by atomic mass is 9.41. The molecule has 27 atom stereocenters. The summed E-state index contributed by atoms with van der Waals surface area (Å²) in [6, 6.07) is 0. The minimum absolute atomic E-state index is 0.0335. The van der Waals surface area contributed by atoms with Crippen LogP contribution < -0.4 is 0 Å². The molecule has 23 heteroatoms. The molecule has 9 aliphatic rings. The highest BCUT2D eigenvalue weighted by Gasteiger charge is 2.76. The van der Waals surface area contributed by atoms with Gasteiger partial charge in [-0.05, 0) is 86.9 Å². The molecule has 1 spiro atoms. The van der Waals surface area contributed by atoms with Crippen LogP contribution >= 0.6 is 0 Å². The second-order valence-electron chi connectivity index (χ2n) is 25.6. The van der Waals surface area contributed by atoms with Crippen LogP contribution in [0.15, 0.2) is 11.6 Å². The molecule has 9 rings (SSSR count). The monoisotopic (exact) mass is 1120 g/mol. The molecule has 0 aromatic rings. The van der Waals surface area contributed by atoms with Crippen LogP contribution in [0.25, 0.3) is 0 Å². The van der Waals surface area contributed by atoms with Crippen LogP contribution in [0.4, 0.5) is 0 Å². The lowest BCUT2D eigenvalue weighted by Crippen LogP contribution is -2.66. The third-order valence-corrected chi connectivity index (χ3v) is 20.3. The summed E-state index contributed by atoms with van der Waals surface area (Å²) >= 11 is 0. The first kappa shape index (κ1) is 60.5. The number of hydrogen-bond donors (Lipinski definition) is 10. The van der Waals surface area contributed by atoms with Crippen LogP contribution in [-0.4, -0.2) is 225 Å². The van der Waals surface area contributed by atoms with Gasteiger partial charge in [0.1, 0.15) is 97.2 Å². The Labute approximate surface area is 455 Å². The fourth-order valence-electron chi connectivity index (χ4n) is 16.4. The average Bonchev–Trinajstić information content (AvgIpc) is 3.79. The first-order chi connectivity index (χ1) is 36.7. The number of ether oxygens (including phenoxy) is 11. The predicted molar refractivity (Wildman–Crippen MR) is 267 cm³/mol. The van der Waals surface area contributed by atoms with Gasteiger partial charge in [0.2, 0.25) is 0 Å². The fourth-order valence-corrected chi connectivity index (χ4v) is 16.4. The summed E-state index contributed by atoms with van der Waals surface area (Å²) in [5, 5.41) is 109. The molecule has 0 bridgehead atoms. The Kier molecular flexibility index (Phi) is 17.7. The van der Waals surface area contributed by atoms with Crippen molar-refractivity contribution in [2.45, 2.75) is 242 Å². The van der Waals surface area contributed by atoms with Gasteiger partial charge in [0.15, 0.2) is 25.2 Å². The summed E-state index contributed by atoms with van der Waals surface area (Å²) in [6.07, 6.45) is -20.5.